The molecule has 25 heavy (non-hydrogen) atoms. The van der Waals surface area contributed by atoms with Crippen LogP contribution in [0.3, 0.4) is 0 Å². The summed E-state index contributed by atoms with van der Waals surface area (Å²) in [6.45, 7) is 4.41. The molecule has 1 aliphatic rings. The zero-order chi connectivity index (χ0) is 17.6. The normalized spacial score (nSPS) is 15.0. The molecule has 0 aromatic heterocycles. The highest BCUT2D eigenvalue weighted by atomic mass is 16.1. The lowest BCUT2D eigenvalue weighted by Gasteiger charge is -2.26. The van der Waals surface area contributed by atoms with Crippen LogP contribution in [0.2, 0.25) is 0 Å². The van der Waals surface area contributed by atoms with Crippen LogP contribution in [0, 0.1) is 0 Å². The van der Waals surface area contributed by atoms with Gasteiger partial charge in [-0.1, -0.05) is 92.9 Å². The molecule has 0 atom stereocenters. The van der Waals surface area contributed by atoms with Gasteiger partial charge in [0.15, 0.2) is 5.78 Å². The Kier molecular flexibility index (Phi) is 5.65. The summed E-state index contributed by atoms with van der Waals surface area (Å²) in [5, 5.41) is 0. The van der Waals surface area contributed by atoms with Crippen LogP contribution in [0.15, 0.2) is 71.8 Å². The minimum Gasteiger partial charge on any atom is -0.294 e. The quantitative estimate of drug-likeness (QED) is 0.593. The standard InChI is InChI=1S/C24H26O/c1-3-11-20-17-22(25)24(19-15-9-6-10-16-19)23(21(20)12-4-2)18-13-7-5-8-14-18/h5-10,13-16H,3-4,11-12,17H2,1-2H3. The SMILES string of the molecule is CCCC1=C(CCC)C(c2ccccc2)=C(c2ccccc2)C(=O)C1. The van der Waals surface area contributed by atoms with Gasteiger partial charge in [-0.25, -0.2) is 0 Å². The molecular formula is C24H26O. The van der Waals surface area contributed by atoms with E-state index < -0.39 is 0 Å². The van der Waals surface area contributed by atoms with Crippen LogP contribution in [0.1, 0.15) is 57.1 Å². The van der Waals surface area contributed by atoms with Gasteiger partial charge < -0.3 is 0 Å². The predicted octanol–water partition coefficient (Wildman–Crippen LogP) is 6.47. The van der Waals surface area contributed by atoms with E-state index in [1.54, 1.807) is 0 Å². The second-order valence-corrected chi connectivity index (χ2v) is 6.66. The third-order valence-electron chi connectivity index (χ3n) is 4.81. The van der Waals surface area contributed by atoms with Crippen LogP contribution in [0.4, 0.5) is 0 Å². The topological polar surface area (TPSA) is 17.1 Å². The van der Waals surface area contributed by atoms with Crippen molar-refractivity contribution in [3.8, 4) is 0 Å². The highest BCUT2D eigenvalue weighted by Crippen LogP contribution is 2.42. The lowest BCUT2D eigenvalue weighted by Crippen LogP contribution is -2.15. The van der Waals surface area contributed by atoms with Gasteiger partial charge in [-0.15, -0.1) is 0 Å². The first-order valence-corrected chi connectivity index (χ1v) is 9.35. The Morgan fingerprint density at radius 2 is 1.24 bits per heavy atom. The molecule has 1 aliphatic carbocycles. The average Bonchev–Trinajstić information content (AvgIpc) is 2.65. The van der Waals surface area contributed by atoms with E-state index >= 15 is 0 Å². The van der Waals surface area contributed by atoms with E-state index in [9.17, 15) is 4.79 Å². The first-order chi connectivity index (χ1) is 12.3. The Balaban J connectivity index is 2.29. The highest BCUT2D eigenvalue weighted by Gasteiger charge is 2.28. The number of allylic oxidation sites excluding steroid dienone is 4. The van der Waals surface area contributed by atoms with Crippen molar-refractivity contribution < 1.29 is 4.79 Å². The lowest BCUT2D eigenvalue weighted by atomic mass is 9.76. The maximum atomic E-state index is 13.1. The number of benzene rings is 2. The molecule has 0 bridgehead atoms. The van der Waals surface area contributed by atoms with Gasteiger partial charge in [0.05, 0.1) is 0 Å². The highest BCUT2D eigenvalue weighted by molar-refractivity contribution is 6.31. The summed E-state index contributed by atoms with van der Waals surface area (Å²) in [5.41, 5.74) is 6.99. The molecule has 0 radical (unpaired) electrons. The first-order valence-electron chi connectivity index (χ1n) is 9.35. The maximum Gasteiger partial charge on any atom is 0.168 e. The second-order valence-electron chi connectivity index (χ2n) is 6.66. The Morgan fingerprint density at radius 1 is 0.720 bits per heavy atom. The predicted molar refractivity (Wildman–Crippen MR) is 106 cm³/mol. The number of carbonyl (C=O) groups is 1. The van der Waals surface area contributed by atoms with Crippen molar-refractivity contribution in [1.29, 1.82) is 0 Å². The van der Waals surface area contributed by atoms with E-state index in [4.69, 9.17) is 0 Å². The molecule has 2 aromatic rings. The summed E-state index contributed by atoms with van der Waals surface area (Å²) in [4.78, 5) is 13.1. The number of Topliss-reactive ketones (excluding diaryl/α,β-unsaturated/α-hetero) is 1. The molecule has 2 aromatic carbocycles. The minimum atomic E-state index is 0.258. The fraction of sp³-hybridized carbons (Fsp3) is 0.292. The van der Waals surface area contributed by atoms with E-state index in [0.717, 1.165) is 48.0 Å². The van der Waals surface area contributed by atoms with Crippen LogP contribution in [0.25, 0.3) is 11.1 Å². The number of hydrogen-bond donors (Lipinski definition) is 0. The van der Waals surface area contributed by atoms with Gasteiger partial charge in [0.1, 0.15) is 0 Å². The summed E-state index contributed by atoms with van der Waals surface area (Å²) >= 11 is 0. The van der Waals surface area contributed by atoms with Crippen LogP contribution in [-0.4, -0.2) is 5.78 Å². The summed E-state index contributed by atoms with van der Waals surface area (Å²) < 4.78 is 0. The molecule has 0 fully saturated rings. The number of rotatable bonds is 6. The van der Waals surface area contributed by atoms with Crippen molar-refractivity contribution in [3.63, 3.8) is 0 Å². The van der Waals surface area contributed by atoms with E-state index in [1.165, 1.54) is 11.1 Å². The van der Waals surface area contributed by atoms with Crippen molar-refractivity contribution in [2.24, 2.45) is 0 Å². The Hall–Kier alpha value is -2.41. The van der Waals surface area contributed by atoms with Gasteiger partial charge >= 0.3 is 0 Å². The molecule has 0 saturated heterocycles. The van der Waals surface area contributed by atoms with Crippen LogP contribution >= 0.6 is 0 Å². The van der Waals surface area contributed by atoms with Gasteiger partial charge in [-0.05, 0) is 35.1 Å². The van der Waals surface area contributed by atoms with Gasteiger partial charge in [0.25, 0.3) is 0 Å². The van der Waals surface area contributed by atoms with E-state index in [2.05, 4.69) is 50.2 Å². The van der Waals surface area contributed by atoms with Crippen LogP contribution < -0.4 is 0 Å². The van der Waals surface area contributed by atoms with Crippen LogP contribution in [-0.2, 0) is 4.79 Å². The zero-order valence-electron chi connectivity index (χ0n) is 15.2. The molecule has 0 heterocycles. The first kappa shape index (κ1) is 17.4. The molecule has 128 valence electrons. The lowest BCUT2D eigenvalue weighted by molar-refractivity contribution is -0.113. The summed E-state index contributed by atoms with van der Waals surface area (Å²) in [7, 11) is 0. The molecule has 1 heteroatoms. The van der Waals surface area contributed by atoms with Crippen molar-refractivity contribution in [2.75, 3.05) is 0 Å². The van der Waals surface area contributed by atoms with Crippen molar-refractivity contribution in [1.82, 2.24) is 0 Å². The van der Waals surface area contributed by atoms with Crippen molar-refractivity contribution >= 4 is 16.9 Å². The third kappa shape index (κ3) is 3.66. The smallest absolute Gasteiger partial charge is 0.168 e. The van der Waals surface area contributed by atoms with Gasteiger partial charge in [0, 0.05) is 12.0 Å². The van der Waals surface area contributed by atoms with E-state index in [-0.39, 0.29) is 5.78 Å². The fourth-order valence-electron chi connectivity index (χ4n) is 3.78. The zero-order valence-corrected chi connectivity index (χ0v) is 15.2. The molecule has 0 unspecified atom stereocenters. The Morgan fingerprint density at radius 3 is 1.76 bits per heavy atom. The Labute approximate surface area is 151 Å². The number of carbonyl (C=O) groups excluding carboxylic acids is 1. The molecule has 0 saturated carbocycles. The summed E-state index contributed by atoms with van der Waals surface area (Å²) in [6, 6.07) is 20.6. The van der Waals surface area contributed by atoms with Gasteiger partial charge in [0.2, 0.25) is 0 Å². The van der Waals surface area contributed by atoms with Gasteiger partial charge in [-0.2, -0.15) is 0 Å². The minimum absolute atomic E-state index is 0.258. The van der Waals surface area contributed by atoms with E-state index in [1.807, 2.05) is 24.3 Å². The monoisotopic (exact) mass is 330 g/mol. The number of hydrogen-bond acceptors (Lipinski definition) is 1. The molecular weight excluding hydrogens is 304 g/mol. The van der Waals surface area contributed by atoms with Gasteiger partial charge in [-0.3, -0.25) is 4.79 Å². The maximum absolute atomic E-state index is 13.1. The number of ketones is 1. The Bertz CT molecular complexity index is 795. The second kappa shape index (κ2) is 8.11. The molecule has 0 aliphatic heterocycles. The summed E-state index contributed by atoms with van der Waals surface area (Å²) in [5.74, 6) is 0.258. The van der Waals surface area contributed by atoms with Crippen molar-refractivity contribution in [3.05, 3.63) is 82.9 Å². The third-order valence-corrected chi connectivity index (χ3v) is 4.81. The van der Waals surface area contributed by atoms with E-state index in [0.29, 0.717) is 6.42 Å². The average molecular weight is 330 g/mol. The summed E-state index contributed by atoms with van der Waals surface area (Å²) in [6.07, 6.45) is 4.79. The molecule has 0 N–H and O–H groups in total. The van der Waals surface area contributed by atoms with Crippen molar-refractivity contribution in [2.45, 2.75) is 46.0 Å². The fourth-order valence-corrected chi connectivity index (χ4v) is 3.78. The van der Waals surface area contributed by atoms with Crippen LogP contribution in [0.5, 0.6) is 0 Å². The molecule has 3 rings (SSSR count). The molecule has 1 nitrogen and oxygen atoms in total. The molecule has 0 spiro atoms. The largest absolute Gasteiger partial charge is 0.294 e. The molecule has 0 amide bonds.